The highest BCUT2D eigenvalue weighted by atomic mass is 16.5. The number of hydrogen-bond donors (Lipinski definition) is 2. The zero-order valence-electron chi connectivity index (χ0n) is 16.5. The number of ether oxygens (including phenoxy) is 1. The average Bonchev–Trinajstić information content (AvgIpc) is 2.95. The first-order valence-electron chi connectivity index (χ1n) is 9.25. The minimum Gasteiger partial charge on any atom is -0.390 e. The zero-order valence-corrected chi connectivity index (χ0v) is 16.5. The molecule has 0 bridgehead atoms. The Morgan fingerprint density at radius 3 is 2.67 bits per heavy atom. The molecule has 3 atom stereocenters. The molecule has 9 nitrogen and oxygen atoms in total. The number of likely N-dealkylation sites (N-methyl/N-ethyl adjacent to an activating group) is 1. The number of amides is 1. The number of hydrogen-bond acceptors (Lipinski definition) is 6. The van der Waals surface area contributed by atoms with Crippen LogP contribution in [0, 0.1) is 6.92 Å². The molecule has 1 amide bonds. The van der Waals surface area contributed by atoms with Crippen molar-refractivity contribution < 1.29 is 14.6 Å². The van der Waals surface area contributed by atoms with Gasteiger partial charge < -0.3 is 19.6 Å². The molecule has 1 saturated heterocycles. The smallest absolute Gasteiger partial charge is 0.330 e. The standard InChI is InChI=1S/C18H30N4O5/c1-12-10-22(18(26)19-17(12)25)16-9-14(24)15(27-16)11-20(3)7-5-6-8-21(4)13(2)23/h10,14-16,24H,5-9,11H2,1-4H3,(H,19,25,26)/t14-,15+,16+/m0/s1. The maximum atomic E-state index is 12.0. The van der Waals surface area contributed by atoms with Crippen LogP contribution >= 0.6 is 0 Å². The van der Waals surface area contributed by atoms with Crippen molar-refractivity contribution in [1.29, 1.82) is 0 Å². The average molecular weight is 382 g/mol. The molecule has 1 aromatic rings. The third kappa shape index (κ3) is 5.75. The number of aryl methyl sites for hydroxylation is 1. The maximum Gasteiger partial charge on any atom is 0.330 e. The number of carbonyl (C=O) groups excluding carboxylic acids is 1. The topological polar surface area (TPSA) is 108 Å². The number of aliphatic hydroxyl groups is 1. The Balaban J connectivity index is 1.84. The fraction of sp³-hybridized carbons (Fsp3) is 0.722. The Morgan fingerprint density at radius 1 is 1.33 bits per heavy atom. The van der Waals surface area contributed by atoms with Gasteiger partial charge in [-0.25, -0.2) is 4.79 Å². The van der Waals surface area contributed by atoms with Gasteiger partial charge in [-0.2, -0.15) is 0 Å². The monoisotopic (exact) mass is 382 g/mol. The predicted octanol–water partition coefficient (Wildman–Crippen LogP) is -0.316. The number of aromatic nitrogens is 2. The highest BCUT2D eigenvalue weighted by Gasteiger charge is 2.36. The molecule has 0 spiro atoms. The van der Waals surface area contributed by atoms with Gasteiger partial charge in [-0.3, -0.25) is 19.1 Å². The summed E-state index contributed by atoms with van der Waals surface area (Å²) in [6, 6.07) is 0. The van der Waals surface area contributed by atoms with E-state index in [9.17, 15) is 19.5 Å². The molecular formula is C18H30N4O5. The van der Waals surface area contributed by atoms with Crippen LogP contribution < -0.4 is 11.2 Å². The van der Waals surface area contributed by atoms with E-state index in [1.807, 2.05) is 7.05 Å². The number of rotatable bonds is 8. The number of nitrogens with one attached hydrogen (secondary N) is 1. The molecule has 1 aliphatic heterocycles. The van der Waals surface area contributed by atoms with E-state index in [0.717, 1.165) is 25.9 Å². The molecule has 1 aliphatic rings. The van der Waals surface area contributed by atoms with Crippen LogP contribution in [0.3, 0.4) is 0 Å². The molecule has 2 N–H and O–H groups in total. The fourth-order valence-electron chi connectivity index (χ4n) is 3.14. The van der Waals surface area contributed by atoms with E-state index in [1.54, 1.807) is 25.8 Å². The van der Waals surface area contributed by atoms with E-state index >= 15 is 0 Å². The summed E-state index contributed by atoms with van der Waals surface area (Å²) in [5.41, 5.74) is -0.531. The summed E-state index contributed by atoms with van der Waals surface area (Å²) in [7, 11) is 3.74. The molecule has 0 unspecified atom stereocenters. The second-order valence-electron chi connectivity index (χ2n) is 7.32. The van der Waals surface area contributed by atoms with Crippen LogP contribution in [0.5, 0.6) is 0 Å². The highest BCUT2D eigenvalue weighted by Crippen LogP contribution is 2.28. The molecule has 1 fully saturated rings. The summed E-state index contributed by atoms with van der Waals surface area (Å²) in [4.78, 5) is 40.7. The molecule has 27 heavy (non-hydrogen) atoms. The van der Waals surface area contributed by atoms with Crippen molar-refractivity contribution >= 4 is 5.91 Å². The molecule has 2 rings (SSSR count). The molecule has 0 aliphatic carbocycles. The molecule has 1 aromatic heterocycles. The molecule has 152 valence electrons. The van der Waals surface area contributed by atoms with Gasteiger partial charge in [0.15, 0.2) is 0 Å². The Kier molecular flexibility index (Phi) is 7.34. The molecule has 0 aromatic carbocycles. The largest absolute Gasteiger partial charge is 0.390 e. The van der Waals surface area contributed by atoms with Crippen LogP contribution in [0.1, 0.15) is 38.0 Å². The Morgan fingerprint density at radius 2 is 2.00 bits per heavy atom. The van der Waals surface area contributed by atoms with Crippen molar-refractivity contribution in [2.75, 3.05) is 33.7 Å². The van der Waals surface area contributed by atoms with Crippen molar-refractivity contribution in [2.45, 2.75) is 51.5 Å². The van der Waals surface area contributed by atoms with Crippen LogP contribution in [-0.2, 0) is 9.53 Å². The fourth-order valence-corrected chi connectivity index (χ4v) is 3.14. The van der Waals surface area contributed by atoms with Gasteiger partial charge in [-0.1, -0.05) is 0 Å². The van der Waals surface area contributed by atoms with Crippen molar-refractivity contribution in [3.8, 4) is 0 Å². The van der Waals surface area contributed by atoms with Crippen LogP contribution in [-0.4, -0.2) is 76.3 Å². The summed E-state index contributed by atoms with van der Waals surface area (Å²) >= 11 is 0. The highest BCUT2D eigenvalue weighted by molar-refractivity contribution is 5.72. The van der Waals surface area contributed by atoms with Crippen LogP contribution in [0.4, 0.5) is 0 Å². The number of unbranched alkanes of at least 4 members (excludes halogenated alkanes) is 1. The molecule has 0 radical (unpaired) electrons. The van der Waals surface area contributed by atoms with Crippen molar-refractivity contribution in [2.24, 2.45) is 0 Å². The predicted molar refractivity (Wildman–Crippen MR) is 101 cm³/mol. The lowest BCUT2D eigenvalue weighted by atomic mass is 10.1. The van der Waals surface area contributed by atoms with E-state index in [4.69, 9.17) is 4.74 Å². The number of H-pyrrole nitrogens is 1. The minimum atomic E-state index is -0.680. The van der Waals surface area contributed by atoms with Crippen molar-refractivity contribution in [1.82, 2.24) is 19.4 Å². The van der Waals surface area contributed by atoms with Gasteiger partial charge in [0.05, 0.1) is 12.2 Å². The van der Waals surface area contributed by atoms with Crippen LogP contribution in [0.2, 0.25) is 0 Å². The summed E-state index contributed by atoms with van der Waals surface area (Å²) in [5.74, 6) is 0.0598. The van der Waals surface area contributed by atoms with E-state index in [1.165, 1.54) is 10.8 Å². The first kappa shape index (κ1) is 21.3. The van der Waals surface area contributed by atoms with Crippen molar-refractivity contribution in [3.63, 3.8) is 0 Å². The summed E-state index contributed by atoms with van der Waals surface area (Å²) < 4.78 is 7.21. The Bertz CT molecular complexity index is 759. The van der Waals surface area contributed by atoms with Crippen molar-refractivity contribution in [3.05, 3.63) is 32.6 Å². The van der Waals surface area contributed by atoms with Gasteiger partial charge in [0, 0.05) is 45.2 Å². The third-order valence-corrected chi connectivity index (χ3v) is 4.97. The summed E-state index contributed by atoms with van der Waals surface area (Å²) in [6.07, 6.45) is 1.93. The van der Waals surface area contributed by atoms with E-state index in [0.29, 0.717) is 18.5 Å². The molecule has 2 heterocycles. The number of aromatic amines is 1. The van der Waals surface area contributed by atoms with Gasteiger partial charge in [0.1, 0.15) is 6.23 Å². The Hall–Kier alpha value is -1.97. The van der Waals surface area contributed by atoms with Crippen LogP contribution in [0.25, 0.3) is 0 Å². The number of carbonyl (C=O) groups is 1. The van der Waals surface area contributed by atoms with Gasteiger partial charge in [0.2, 0.25) is 5.91 Å². The lowest BCUT2D eigenvalue weighted by Crippen LogP contribution is -2.36. The van der Waals surface area contributed by atoms with Gasteiger partial charge >= 0.3 is 5.69 Å². The summed E-state index contributed by atoms with van der Waals surface area (Å²) in [5, 5.41) is 10.3. The second kappa shape index (κ2) is 9.29. The van der Waals surface area contributed by atoms with Gasteiger partial charge in [-0.05, 0) is 33.4 Å². The second-order valence-corrected chi connectivity index (χ2v) is 7.32. The maximum absolute atomic E-state index is 12.0. The molecule has 9 heteroatoms. The van der Waals surface area contributed by atoms with Gasteiger partial charge in [0.25, 0.3) is 5.56 Å². The van der Waals surface area contributed by atoms with E-state index < -0.39 is 29.7 Å². The van der Waals surface area contributed by atoms with Gasteiger partial charge in [-0.15, -0.1) is 0 Å². The van der Waals surface area contributed by atoms with E-state index in [2.05, 4.69) is 9.88 Å². The Labute approximate surface area is 158 Å². The minimum absolute atomic E-state index is 0.0598. The lowest BCUT2D eigenvalue weighted by molar-refractivity contribution is -0.127. The quantitative estimate of drug-likeness (QED) is 0.597. The lowest BCUT2D eigenvalue weighted by Gasteiger charge is -2.23. The number of nitrogens with zero attached hydrogens (tertiary/aromatic N) is 3. The normalized spacial score (nSPS) is 22.4. The SMILES string of the molecule is CC(=O)N(C)CCCCN(C)C[C@H]1O[C@@H](n2cc(C)c(=O)[nH]c2=O)C[C@@H]1O. The zero-order chi connectivity index (χ0) is 20.1. The third-order valence-electron chi connectivity index (χ3n) is 4.97. The van der Waals surface area contributed by atoms with Crippen LogP contribution in [0.15, 0.2) is 15.8 Å². The molecular weight excluding hydrogens is 352 g/mol. The first-order valence-corrected chi connectivity index (χ1v) is 9.25. The first-order chi connectivity index (χ1) is 12.7. The van der Waals surface area contributed by atoms with E-state index in [-0.39, 0.29) is 5.91 Å². The molecule has 0 saturated carbocycles. The summed E-state index contributed by atoms with van der Waals surface area (Å²) in [6.45, 7) is 5.26. The number of aliphatic hydroxyl groups excluding tert-OH is 1.